The highest BCUT2D eigenvalue weighted by Crippen LogP contribution is 2.18. The summed E-state index contributed by atoms with van der Waals surface area (Å²) in [6.45, 7) is 8.72. The molecule has 0 unspecified atom stereocenters. The smallest absolute Gasteiger partial charge is 0.355 e. The van der Waals surface area contributed by atoms with E-state index in [-0.39, 0.29) is 12.0 Å². The van der Waals surface area contributed by atoms with Crippen molar-refractivity contribution in [3.05, 3.63) is 18.0 Å². The number of anilines is 1. The number of nitrogens with two attached hydrogens (primary N) is 1. The van der Waals surface area contributed by atoms with Gasteiger partial charge in [-0.2, -0.15) is 0 Å². The fourth-order valence-electron chi connectivity index (χ4n) is 1.88. The zero-order valence-corrected chi connectivity index (χ0v) is 11.8. The molecule has 0 aromatic carbocycles. The van der Waals surface area contributed by atoms with Gasteiger partial charge in [0.15, 0.2) is 0 Å². The van der Waals surface area contributed by atoms with E-state index in [1.807, 2.05) is 18.4 Å². The van der Waals surface area contributed by atoms with Crippen LogP contribution in [0, 0.1) is 5.92 Å². The summed E-state index contributed by atoms with van der Waals surface area (Å²) in [5.41, 5.74) is 6.87. The molecule has 0 radical (unpaired) electrons. The predicted molar refractivity (Wildman–Crippen MR) is 73.6 cm³/mol. The minimum absolute atomic E-state index is 0.193. The second-order valence-electron chi connectivity index (χ2n) is 4.94. The molecule has 1 heterocycles. The van der Waals surface area contributed by atoms with Crippen LogP contribution in [0.2, 0.25) is 0 Å². The van der Waals surface area contributed by atoms with E-state index < -0.39 is 0 Å². The maximum atomic E-state index is 12.0. The molecule has 1 aromatic heterocycles. The van der Waals surface area contributed by atoms with Crippen molar-refractivity contribution in [1.29, 1.82) is 0 Å². The van der Waals surface area contributed by atoms with Gasteiger partial charge in [0.2, 0.25) is 0 Å². The van der Waals surface area contributed by atoms with Crippen molar-refractivity contribution < 1.29 is 9.53 Å². The summed E-state index contributed by atoms with van der Waals surface area (Å²) in [5, 5.41) is 0. The molecule has 0 spiro atoms. The van der Waals surface area contributed by atoms with E-state index >= 15 is 0 Å². The molecule has 1 aromatic rings. The number of hydrogen-bond acceptors (Lipinski definition) is 3. The second-order valence-corrected chi connectivity index (χ2v) is 4.94. The maximum absolute atomic E-state index is 12.0. The van der Waals surface area contributed by atoms with Crippen molar-refractivity contribution >= 4 is 11.7 Å². The van der Waals surface area contributed by atoms with Crippen molar-refractivity contribution in [2.75, 3.05) is 12.3 Å². The first-order valence-corrected chi connectivity index (χ1v) is 6.64. The number of nitrogen functional groups attached to an aromatic ring is 1. The molecule has 102 valence electrons. The Morgan fingerprint density at radius 2 is 2.00 bits per heavy atom. The van der Waals surface area contributed by atoms with E-state index in [2.05, 4.69) is 13.8 Å². The van der Waals surface area contributed by atoms with E-state index in [1.54, 1.807) is 12.3 Å². The van der Waals surface area contributed by atoms with Crippen LogP contribution in [0.5, 0.6) is 0 Å². The predicted octanol–water partition coefficient (Wildman–Crippen LogP) is 3.24. The van der Waals surface area contributed by atoms with E-state index in [0.29, 0.717) is 23.9 Å². The lowest BCUT2D eigenvalue weighted by Crippen LogP contribution is -2.17. The number of esters is 1. The minimum atomic E-state index is -0.285. The van der Waals surface area contributed by atoms with Crippen LogP contribution in [0.15, 0.2) is 12.3 Å². The van der Waals surface area contributed by atoms with Gasteiger partial charge in [0.05, 0.1) is 12.3 Å². The highest BCUT2D eigenvalue weighted by atomic mass is 16.5. The first kappa shape index (κ1) is 14.6. The molecule has 0 bridgehead atoms. The van der Waals surface area contributed by atoms with Gasteiger partial charge in [-0.3, -0.25) is 0 Å². The first-order chi connectivity index (χ1) is 8.49. The van der Waals surface area contributed by atoms with Crippen LogP contribution in [0.3, 0.4) is 0 Å². The first-order valence-electron chi connectivity index (χ1n) is 6.64. The lowest BCUT2D eigenvalue weighted by Gasteiger charge is -2.15. The number of carbonyl (C=O) groups excluding carboxylic acids is 1. The molecule has 2 N–H and O–H groups in total. The normalized spacial score (nSPS) is 11.2. The highest BCUT2D eigenvalue weighted by molar-refractivity contribution is 5.89. The Labute approximate surface area is 109 Å². The van der Waals surface area contributed by atoms with Crippen molar-refractivity contribution in [3.63, 3.8) is 0 Å². The fourth-order valence-corrected chi connectivity index (χ4v) is 1.88. The molecule has 18 heavy (non-hydrogen) atoms. The van der Waals surface area contributed by atoms with Gasteiger partial charge in [-0.05, 0) is 25.8 Å². The molecule has 1 rings (SSSR count). The van der Waals surface area contributed by atoms with E-state index in [0.717, 1.165) is 12.8 Å². The molecule has 0 aliphatic heterocycles. The Hall–Kier alpha value is -1.45. The van der Waals surface area contributed by atoms with Crippen molar-refractivity contribution in [1.82, 2.24) is 4.57 Å². The number of nitrogens with zero attached hydrogens (tertiary/aromatic N) is 1. The maximum Gasteiger partial charge on any atom is 0.355 e. The number of ether oxygens (including phenoxy) is 1. The van der Waals surface area contributed by atoms with E-state index in [4.69, 9.17) is 10.5 Å². The SMILES string of the molecule is CCC(CC)COC(=O)c1cc(N)cn1C(C)C. The summed E-state index contributed by atoms with van der Waals surface area (Å²) in [7, 11) is 0. The quantitative estimate of drug-likeness (QED) is 0.791. The summed E-state index contributed by atoms with van der Waals surface area (Å²) in [4.78, 5) is 12.0. The fraction of sp³-hybridized carbons (Fsp3) is 0.643. The van der Waals surface area contributed by atoms with Crippen LogP contribution in [-0.2, 0) is 4.74 Å². The molecule has 0 atom stereocenters. The van der Waals surface area contributed by atoms with Crippen LogP contribution in [0.1, 0.15) is 57.1 Å². The lowest BCUT2D eigenvalue weighted by atomic mass is 10.1. The Bertz CT molecular complexity index is 392. The summed E-state index contributed by atoms with van der Waals surface area (Å²) < 4.78 is 7.21. The van der Waals surface area contributed by atoms with Crippen molar-refractivity contribution in [2.45, 2.75) is 46.6 Å². The molecule has 0 aliphatic rings. The third-order valence-electron chi connectivity index (χ3n) is 3.24. The minimum Gasteiger partial charge on any atom is -0.461 e. The van der Waals surface area contributed by atoms with Gasteiger partial charge >= 0.3 is 5.97 Å². The Balaban J connectivity index is 2.72. The van der Waals surface area contributed by atoms with Gasteiger partial charge < -0.3 is 15.0 Å². The summed E-state index contributed by atoms with van der Waals surface area (Å²) >= 11 is 0. The standard InChI is InChI=1S/C14H24N2O2/c1-5-11(6-2)9-18-14(17)13-7-12(15)8-16(13)10(3)4/h7-8,10-11H,5-6,9,15H2,1-4H3. The average Bonchev–Trinajstić information content (AvgIpc) is 2.72. The van der Waals surface area contributed by atoms with Gasteiger partial charge in [0, 0.05) is 12.2 Å². The van der Waals surface area contributed by atoms with Gasteiger partial charge in [0.1, 0.15) is 5.69 Å². The number of carbonyl (C=O) groups is 1. The van der Waals surface area contributed by atoms with Crippen molar-refractivity contribution in [2.24, 2.45) is 5.92 Å². The zero-order valence-electron chi connectivity index (χ0n) is 11.8. The third-order valence-corrected chi connectivity index (χ3v) is 3.24. The van der Waals surface area contributed by atoms with Crippen LogP contribution >= 0.6 is 0 Å². The van der Waals surface area contributed by atoms with Crippen LogP contribution in [0.4, 0.5) is 5.69 Å². The van der Waals surface area contributed by atoms with Gasteiger partial charge in [-0.25, -0.2) is 4.79 Å². The Morgan fingerprint density at radius 1 is 1.39 bits per heavy atom. The summed E-state index contributed by atoms with van der Waals surface area (Å²) in [6.07, 6.45) is 3.83. The monoisotopic (exact) mass is 252 g/mol. The van der Waals surface area contributed by atoms with Crippen LogP contribution in [-0.4, -0.2) is 17.1 Å². The third kappa shape index (κ3) is 3.52. The molecule has 0 fully saturated rings. The van der Waals surface area contributed by atoms with E-state index in [9.17, 15) is 4.79 Å². The molecule has 4 heteroatoms. The molecule has 0 saturated heterocycles. The lowest BCUT2D eigenvalue weighted by molar-refractivity contribution is 0.0419. The summed E-state index contributed by atoms with van der Waals surface area (Å²) in [6, 6.07) is 1.87. The Morgan fingerprint density at radius 3 is 2.50 bits per heavy atom. The largest absolute Gasteiger partial charge is 0.461 e. The van der Waals surface area contributed by atoms with Crippen molar-refractivity contribution in [3.8, 4) is 0 Å². The molecule has 0 saturated carbocycles. The molecule has 4 nitrogen and oxygen atoms in total. The topological polar surface area (TPSA) is 57.2 Å². The van der Waals surface area contributed by atoms with Crippen LogP contribution < -0.4 is 5.73 Å². The molecule has 0 aliphatic carbocycles. The number of aromatic nitrogens is 1. The zero-order chi connectivity index (χ0) is 13.7. The van der Waals surface area contributed by atoms with Crippen LogP contribution in [0.25, 0.3) is 0 Å². The molecule has 0 amide bonds. The van der Waals surface area contributed by atoms with E-state index in [1.165, 1.54) is 0 Å². The van der Waals surface area contributed by atoms with Gasteiger partial charge in [-0.1, -0.05) is 26.7 Å². The Kier molecular flexibility index (Phi) is 5.25. The van der Waals surface area contributed by atoms with Gasteiger partial charge in [-0.15, -0.1) is 0 Å². The highest BCUT2D eigenvalue weighted by Gasteiger charge is 2.17. The summed E-state index contributed by atoms with van der Waals surface area (Å²) in [5.74, 6) is 0.154. The van der Waals surface area contributed by atoms with Gasteiger partial charge in [0.25, 0.3) is 0 Å². The molecular weight excluding hydrogens is 228 g/mol. The second kappa shape index (κ2) is 6.47. The molecular formula is C14H24N2O2. The average molecular weight is 252 g/mol. The number of rotatable bonds is 6. The number of hydrogen-bond donors (Lipinski definition) is 1.